The van der Waals surface area contributed by atoms with Crippen LogP contribution in [0.25, 0.3) is 11.4 Å². The number of benzene rings is 2. The molecule has 1 amide bonds. The van der Waals surface area contributed by atoms with Crippen LogP contribution in [-0.2, 0) is 16.8 Å². The smallest absolute Gasteiger partial charge is 0.241 e. The first-order valence-corrected chi connectivity index (χ1v) is 13.2. The van der Waals surface area contributed by atoms with E-state index in [9.17, 15) is 4.79 Å². The Morgan fingerprint density at radius 1 is 1.16 bits per heavy atom. The predicted octanol–water partition coefficient (Wildman–Crippen LogP) is 5.45. The Bertz CT molecular complexity index is 1200. The van der Waals surface area contributed by atoms with E-state index in [1.54, 1.807) is 0 Å². The van der Waals surface area contributed by atoms with Crippen molar-refractivity contribution in [3.05, 3.63) is 65.0 Å². The number of likely N-dealkylation sites (tertiary alicyclic amines) is 1. The summed E-state index contributed by atoms with van der Waals surface area (Å²) in [6.45, 7) is 15.3. The lowest BCUT2D eigenvalue weighted by Crippen LogP contribution is -2.46. The third-order valence-corrected chi connectivity index (χ3v) is 7.08. The summed E-state index contributed by atoms with van der Waals surface area (Å²) in [6, 6.07) is 14.3. The van der Waals surface area contributed by atoms with Gasteiger partial charge in [0.15, 0.2) is 0 Å². The van der Waals surface area contributed by atoms with Crippen molar-refractivity contribution >= 4 is 5.91 Å². The van der Waals surface area contributed by atoms with Crippen LogP contribution in [0.3, 0.4) is 0 Å². The van der Waals surface area contributed by atoms with E-state index in [1.165, 1.54) is 16.7 Å². The first-order chi connectivity index (χ1) is 17.6. The number of aromatic nitrogens is 2. The highest BCUT2D eigenvalue weighted by atomic mass is 16.5. The monoisotopic (exact) mass is 504 g/mol. The van der Waals surface area contributed by atoms with Crippen molar-refractivity contribution in [2.75, 3.05) is 19.7 Å². The van der Waals surface area contributed by atoms with Gasteiger partial charge in [-0.05, 0) is 74.4 Å². The Morgan fingerprint density at radius 2 is 1.92 bits per heavy atom. The van der Waals surface area contributed by atoms with Crippen LogP contribution >= 0.6 is 0 Å². The predicted molar refractivity (Wildman–Crippen MR) is 145 cm³/mol. The number of hydrogen-bond donors (Lipinski definition) is 1. The summed E-state index contributed by atoms with van der Waals surface area (Å²) in [5.41, 5.74) is 4.74. The van der Waals surface area contributed by atoms with Gasteiger partial charge in [0.25, 0.3) is 0 Å². The molecule has 1 N–H and O–H groups in total. The Morgan fingerprint density at radius 3 is 2.62 bits per heavy atom. The van der Waals surface area contributed by atoms with E-state index in [4.69, 9.17) is 9.26 Å². The molecular weight excluding hydrogens is 464 g/mol. The minimum absolute atomic E-state index is 0.0647. The van der Waals surface area contributed by atoms with Crippen LogP contribution in [0.15, 0.2) is 47.0 Å². The zero-order chi connectivity index (χ0) is 26.6. The number of hydrogen-bond acceptors (Lipinski definition) is 6. The van der Waals surface area contributed by atoms with E-state index >= 15 is 0 Å². The molecule has 1 aliphatic rings. The minimum atomic E-state index is -0.0762. The highest BCUT2D eigenvalue weighted by Gasteiger charge is 2.28. The summed E-state index contributed by atoms with van der Waals surface area (Å²) in [5, 5.41) is 7.32. The van der Waals surface area contributed by atoms with Crippen molar-refractivity contribution in [1.29, 1.82) is 0 Å². The molecule has 4 rings (SSSR count). The molecule has 0 radical (unpaired) electrons. The average Bonchev–Trinajstić information content (AvgIpc) is 3.33. The molecule has 0 spiro atoms. The molecule has 2 unspecified atom stereocenters. The molecule has 1 aromatic heterocycles. The Kier molecular flexibility index (Phi) is 8.32. The third-order valence-electron chi connectivity index (χ3n) is 7.08. The van der Waals surface area contributed by atoms with Gasteiger partial charge in [0.2, 0.25) is 17.6 Å². The van der Waals surface area contributed by atoms with Gasteiger partial charge in [-0.15, -0.1) is 0 Å². The lowest BCUT2D eigenvalue weighted by atomic mass is 9.87. The molecule has 0 aliphatic carbocycles. The summed E-state index contributed by atoms with van der Waals surface area (Å²) < 4.78 is 11.5. The molecule has 2 heterocycles. The Balaban J connectivity index is 1.27. The topological polar surface area (TPSA) is 80.5 Å². The second-order valence-corrected chi connectivity index (χ2v) is 11.4. The SMILES string of the molecule is Cc1ccc(OCC(C)NC(=O)C2CCCN(Cc3nc(-c4ccc(C(C)(C)C)cc4)no3)C2)cc1C. The lowest BCUT2D eigenvalue weighted by molar-refractivity contribution is -0.127. The maximum atomic E-state index is 13.0. The van der Waals surface area contributed by atoms with E-state index in [2.05, 4.69) is 73.2 Å². The van der Waals surface area contributed by atoms with Gasteiger partial charge in [0.05, 0.1) is 18.5 Å². The van der Waals surface area contributed by atoms with E-state index in [0.717, 1.165) is 30.7 Å². The normalized spacial score (nSPS) is 17.4. The van der Waals surface area contributed by atoms with E-state index < -0.39 is 0 Å². The molecule has 0 bridgehead atoms. The number of carbonyl (C=O) groups excluding carboxylic acids is 1. The van der Waals surface area contributed by atoms with Crippen LogP contribution < -0.4 is 10.1 Å². The van der Waals surface area contributed by atoms with Gasteiger partial charge in [0, 0.05) is 12.1 Å². The largest absolute Gasteiger partial charge is 0.491 e. The van der Waals surface area contributed by atoms with Crippen molar-refractivity contribution in [2.24, 2.45) is 5.92 Å². The molecule has 2 atom stereocenters. The van der Waals surface area contributed by atoms with Crippen molar-refractivity contribution < 1.29 is 14.1 Å². The number of amides is 1. The standard InChI is InChI=1S/C30H40N4O3/c1-20-9-14-26(16-21(20)2)36-19-22(3)31-29(35)24-8-7-15-34(17-24)18-27-32-28(33-37-27)23-10-12-25(13-11-23)30(4,5)6/h9-14,16,22,24H,7-8,15,17-19H2,1-6H3,(H,31,35). The van der Waals surface area contributed by atoms with Gasteiger partial charge in [-0.3, -0.25) is 9.69 Å². The number of rotatable bonds is 8. The molecular formula is C30H40N4O3. The summed E-state index contributed by atoms with van der Waals surface area (Å²) in [4.78, 5) is 19.8. The maximum absolute atomic E-state index is 13.0. The second kappa shape index (κ2) is 11.5. The quantitative estimate of drug-likeness (QED) is 0.440. The van der Waals surface area contributed by atoms with E-state index in [-0.39, 0.29) is 23.3 Å². The van der Waals surface area contributed by atoms with E-state index in [1.807, 2.05) is 31.2 Å². The fourth-order valence-electron chi connectivity index (χ4n) is 4.59. The van der Waals surface area contributed by atoms with Gasteiger partial charge >= 0.3 is 0 Å². The molecule has 1 saturated heterocycles. The first kappa shape index (κ1) is 26.9. The maximum Gasteiger partial charge on any atom is 0.241 e. The molecule has 2 aromatic carbocycles. The first-order valence-electron chi connectivity index (χ1n) is 13.2. The van der Waals surface area contributed by atoms with Crippen molar-refractivity contribution in [3.63, 3.8) is 0 Å². The summed E-state index contributed by atoms with van der Waals surface area (Å²) in [6.07, 6.45) is 1.84. The number of aryl methyl sites for hydroxylation is 2. The van der Waals surface area contributed by atoms with Crippen LogP contribution in [0.2, 0.25) is 0 Å². The Hall–Kier alpha value is -3.19. The third kappa shape index (κ3) is 7.19. The Labute approximate surface area is 220 Å². The van der Waals surface area contributed by atoms with Crippen molar-refractivity contribution in [2.45, 2.75) is 72.4 Å². The van der Waals surface area contributed by atoms with E-state index in [0.29, 0.717) is 31.4 Å². The zero-order valence-corrected chi connectivity index (χ0v) is 23.0. The number of piperidine rings is 1. The fourth-order valence-corrected chi connectivity index (χ4v) is 4.59. The number of nitrogens with zero attached hydrogens (tertiary/aromatic N) is 3. The van der Waals surface area contributed by atoms with Crippen molar-refractivity contribution in [3.8, 4) is 17.1 Å². The molecule has 7 nitrogen and oxygen atoms in total. The molecule has 7 heteroatoms. The van der Waals surface area contributed by atoms with Gasteiger partial charge in [-0.1, -0.05) is 56.3 Å². The molecule has 3 aromatic rings. The molecule has 1 aliphatic heterocycles. The van der Waals surface area contributed by atoms with Crippen LogP contribution in [0, 0.1) is 19.8 Å². The summed E-state index contributed by atoms with van der Waals surface area (Å²) >= 11 is 0. The van der Waals surface area contributed by atoms with Crippen LogP contribution in [0.5, 0.6) is 5.75 Å². The van der Waals surface area contributed by atoms with Crippen LogP contribution in [-0.4, -0.2) is 46.7 Å². The number of nitrogens with one attached hydrogen (secondary N) is 1. The molecule has 198 valence electrons. The van der Waals surface area contributed by atoms with Crippen LogP contribution in [0.1, 0.15) is 63.1 Å². The molecule has 37 heavy (non-hydrogen) atoms. The van der Waals surface area contributed by atoms with Gasteiger partial charge in [-0.25, -0.2) is 0 Å². The van der Waals surface area contributed by atoms with Gasteiger partial charge in [-0.2, -0.15) is 4.98 Å². The second-order valence-electron chi connectivity index (χ2n) is 11.4. The average molecular weight is 505 g/mol. The number of carbonyl (C=O) groups is 1. The molecule has 1 fully saturated rings. The summed E-state index contributed by atoms with van der Waals surface area (Å²) in [7, 11) is 0. The number of ether oxygens (including phenoxy) is 1. The molecule has 0 saturated carbocycles. The van der Waals surface area contributed by atoms with Gasteiger partial charge in [0.1, 0.15) is 12.4 Å². The fraction of sp³-hybridized carbons (Fsp3) is 0.500. The van der Waals surface area contributed by atoms with Gasteiger partial charge < -0.3 is 14.6 Å². The zero-order valence-electron chi connectivity index (χ0n) is 23.0. The minimum Gasteiger partial charge on any atom is -0.491 e. The van der Waals surface area contributed by atoms with Crippen LogP contribution in [0.4, 0.5) is 0 Å². The lowest BCUT2D eigenvalue weighted by Gasteiger charge is -2.31. The highest BCUT2D eigenvalue weighted by Crippen LogP contribution is 2.25. The highest BCUT2D eigenvalue weighted by molar-refractivity contribution is 5.79. The van der Waals surface area contributed by atoms with Crippen molar-refractivity contribution in [1.82, 2.24) is 20.4 Å². The summed E-state index contributed by atoms with van der Waals surface area (Å²) in [5.74, 6) is 2.01.